The summed E-state index contributed by atoms with van der Waals surface area (Å²) >= 11 is 6.30. The summed E-state index contributed by atoms with van der Waals surface area (Å²) in [7, 11) is 1.55. The summed E-state index contributed by atoms with van der Waals surface area (Å²) in [6, 6.07) is 8.91. The lowest BCUT2D eigenvalue weighted by Gasteiger charge is -2.36. The quantitative estimate of drug-likeness (QED) is 0.613. The molecule has 0 saturated carbocycles. The second-order valence-corrected chi connectivity index (χ2v) is 7.41. The molecule has 4 rings (SSSR count). The number of H-pyrrole nitrogens is 1. The molecule has 1 aliphatic rings. The van der Waals surface area contributed by atoms with Crippen LogP contribution in [0.2, 0.25) is 5.15 Å². The first-order valence-electron chi connectivity index (χ1n) is 9.49. The molecule has 0 aliphatic carbocycles. The van der Waals surface area contributed by atoms with E-state index >= 15 is 0 Å². The minimum atomic E-state index is -1.03. The molecule has 1 aliphatic heterocycles. The fourth-order valence-corrected chi connectivity index (χ4v) is 3.81. The third-order valence-electron chi connectivity index (χ3n) is 5.12. The molecule has 0 bridgehead atoms. The smallest absolute Gasteiger partial charge is 0.304 e. The van der Waals surface area contributed by atoms with E-state index in [0.29, 0.717) is 22.7 Å². The highest BCUT2D eigenvalue weighted by Gasteiger charge is 2.20. The molecular weight excluding hydrogens is 411 g/mol. The molecule has 0 spiro atoms. The van der Waals surface area contributed by atoms with Gasteiger partial charge in [-0.25, -0.2) is 9.97 Å². The summed E-state index contributed by atoms with van der Waals surface area (Å²) in [6.45, 7) is 3.84. The van der Waals surface area contributed by atoms with Crippen molar-refractivity contribution in [2.24, 2.45) is 0 Å². The number of carbonyl (C=O) groups excluding carboxylic acids is 1. The number of hydrogen-bond acceptors (Lipinski definition) is 6. The maximum atomic E-state index is 13.3. The van der Waals surface area contributed by atoms with Crippen molar-refractivity contribution < 1.29 is 9.18 Å². The van der Waals surface area contributed by atoms with Gasteiger partial charge in [-0.15, -0.1) is 0 Å². The van der Waals surface area contributed by atoms with Crippen LogP contribution < -0.4 is 15.8 Å². The summed E-state index contributed by atoms with van der Waals surface area (Å²) in [6.07, 6.45) is 0. The van der Waals surface area contributed by atoms with E-state index in [-0.39, 0.29) is 11.6 Å². The molecule has 156 valence electrons. The normalized spacial score (nSPS) is 14.8. The van der Waals surface area contributed by atoms with Gasteiger partial charge in [-0.3, -0.25) is 14.5 Å². The molecular formula is C20H20ClFN6O2. The largest absolute Gasteiger partial charge is 0.366 e. The summed E-state index contributed by atoms with van der Waals surface area (Å²) < 4.78 is 13.3. The van der Waals surface area contributed by atoms with E-state index in [9.17, 15) is 14.0 Å². The molecule has 30 heavy (non-hydrogen) atoms. The van der Waals surface area contributed by atoms with E-state index in [4.69, 9.17) is 11.6 Å². The minimum Gasteiger partial charge on any atom is -0.366 e. The molecule has 3 aromatic rings. The number of nitrogens with one attached hydrogen (secondary N) is 2. The van der Waals surface area contributed by atoms with E-state index in [2.05, 4.69) is 30.1 Å². The van der Waals surface area contributed by atoms with E-state index in [1.54, 1.807) is 19.2 Å². The van der Waals surface area contributed by atoms with Crippen molar-refractivity contribution in [3.8, 4) is 0 Å². The number of pyridine rings is 1. The maximum Gasteiger partial charge on any atom is 0.304 e. The Balaban J connectivity index is 1.41. The van der Waals surface area contributed by atoms with Gasteiger partial charge in [0.2, 0.25) is 0 Å². The molecule has 0 radical (unpaired) electrons. The number of anilines is 1. The van der Waals surface area contributed by atoms with Crippen LogP contribution in [0.3, 0.4) is 0 Å². The number of fused-ring (bicyclic) bond motifs is 1. The minimum absolute atomic E-state index is 0.275. The number of aromatic nitrogens is 3. The zero-order chi connectivity index (χ0) is 21.3. The number of rotatable bonds is 4. The molecule has 0 atom stereocenters. The first kappa shape index (κ1) is 20.2. The number of halogens is 2. The highest BCUT2D eigenvalue weighted by molar-refractivity contribution is 6.32. The Bertz CT molecular complexity index is 1160. The molecule has 1 aromatic carbocycles. The molecule has 1 saturated heterocycles. The van der Waals surface area contributed by atoms with Gasteiger partial charge in [0.05, 0.1) is 16.7 Å². The van der Waals surface area contributed by atoms with Gasteiger partial charge in [0.1, 0.15) is 5.69 Å². The number of amides is 1. The van der Waals surface area contributed by atoms with Gasteiger partial charge in [0, 0.05) is 39.8 Å². The number of hydrogen-bond donors (Lipinski definition) is 2. The lowest BCUT2D eigenvalue weighted by Crippen LogP contribution is -2.46. The van der Waals surface area contributed by atoms with Crippen LogP contribution in [-0.2, 0) is 6.54 Å². The molecule has 10 heteroatoms. The number of nitrogens with zero attached hydrogens (tertiary/aromatic N) is 4. The molecule has 2 N–H and O–H groups in total. The first-order valence-corrected chi connectivity index (χ1v) is 9.87. The number of carbonyl (C=O) groups is 1. The molecule has 3 heterocycles. The van der Waals surface area contributed by atoms with Crippen LogP contribution in [0.4, 0.5) is 10.1 Å². The maximum absolute atomic E-state index is 13.3. The second-order valence-electron chi connectivity index (χ2n) is 7.06. The predicted octanol–water partition coefficient (Wildman–Crippen LogP) is 1.79. The van der Waals surface area contributed by atoms with Gasteiger partial charge in [-0.2, -0.15) is 4.39 Å². The summed E-state index contributed by atoms with van der Waals surface area (Å²) in [5, 5.41) is 2.84. The third-order valence-corrected chi connectivity index (χ3v) is 5.40. The number of aromatic amines is 1. The van der Waals surface area contributed by atoms with Gasteiger partial charge in [0.25, 0.3) is 11.9 Å². The van der Waals surface area contributed by atoms with E-state index in [1.807, 2.05) is 18.2 Å². The molecule has 1 amide bonds. The fourth-order valence-electron chi connectivity index (χ4n) is 3.53. The average molecular weight is 431 g/mol. The van der Waals surface area contributed by atoms with Crippen LogP contribution in [-0.4, -0.2) is 59.0 Å². The lowest BCUT2D eigenvalue weighted by molar-refractivity contribution is 0.0958. The van der Waals surface area contributed by atoms with Crippen molar-refractivity contribution in [2.75, 3.05) is 38.1 Å². The van der Waals surface area contributed by atoms with Crippen molar-refractivity contribution in [3.05, 3.63) is 63.0 Å². The molecule has 0 unspecified atom stereocenters. The van der Waals surface area contributed by atoms with Crippen molar-refractivity contribution >= 4 is 34.2 Å². The van der Waals surface area contributed by atoms with Gasteiger partial charge >= 0.3 is 5.56 Å². The van der Waals surface area contributed by atoms with E-state index in [0.717, 1.165) is 37.4 Å². The molecule has 2 aromatic heterocycles. The molecule has 1 fully saturated rings. The standard InChI is InChI=1S/C20H20ClFN6O2/c1-23-19(29)14-4-5-16(17(21)24-14)28-8-6-27(7-9-28)11-12-2-3-13-15(10-12)26-20(30)18(22)25-13/h2-5,10H,6-9,11H2,1H3,(H,23,29)(H,26,30). The van der Waals surface area contributed by atoms with Crippen LogP contribution in [0.5, 0.6) is 0 Å². The third kappa shape index (κ3) is 4.12. The Morgan fingerprint density at radius 1 is 1.20 bits per heavy atom. The Morgan fingerprint density at radius 2 is 1.97 bits per heavy atom. The van der Waals surface area contributed by atoms with Crippen LogP contribution in [0.1, 0.15) is 16.1 Å². The van der Waals surface area contributed by atoms with Crippen LogP contribution in [0.15, 0.2) is 35.1 Å². The topological polar surface area (TPSA) is 94.2 Å². The zero-order valence-corrected chi connectivity index (χ0v) is 17.0. The number of piperazine rings is 1. The summed E-state index contributed by atoms with van der Waals surface area (Å²) in [5.74, 6) is -1.30. The predicted molar refractivity (Wildman–Crippen MR) is 112 cm³/mol. The van der Waals surface area contributed by atoms with Crippen molar-refractivity contribution in [1.29, 1.82) is 0 Å². The van der Waals surface area contributed by atoms with Crippen molar-refractivity contribution in [3.63, 3.8) is 0 Å². The average Bonchev–Trinajstić information content (AvgIpc) is 2.75. The van der Waals surface area contributed by atoms with Crippen molar-refractivity contribution in [1.82, 2.24) is 25.2 Å². The number of benzene rings is 1. The Labute approximate surface area is 176 Å². The first-order chi connectivity index (χ1) is 14.4. The van der Waals surface area contributed by atoms with Gasteiger partial charge in [-0.05, 0) is 29.8 Å². The Morgan fingerprint density at radius 3 is 2.67 bits per heavy atom. The van der Waals surface area contributed by atoms with E-state index < -0.39 is 11.5 Å². The Hall–Kier alpha value is -3.04. The highest BCUT2D eigenvalue weighted by atomic mass is 35.5. The van der Waals surface area contributed by atoms with Crippen LogP contribution in [0.25, 0.3) is 11.0 Å². The van der Waals surface area contributed by atoms with Crippen molar-refractivity contribution in [2.45, 2.75) is 6.54 Å². The summed E-state index contributed by atoms with van der Waals surface area (Å²) in [5.41, 5.74) is 2.22. The zero-order valence-electron chi connectivity index (χ0n) is 16.3. The lowest BCUT2D eigenvalue weighted by atomic mass is 10.1. The van der Waals surface area contributed by atoms with Gasteiger partial charge in [0.15, 0.2) is 5.15 Å². The molecule has 8 nitrogen and oxygen atoms in total. The summed E-state index contributed by atoms with van der Waals surface area (Å²) in [4.78, 5) is 37.9. The Kier molecular flexibility index (Phi) is 5.65. The SMILES string of the molecule is CNC(=O)c1ccc(N2CCN(Cc3ccc4nc(F)c(=O)[nH]c4c3)CC2)c(Cl)n1. The van der Waals surface area contributed by atoms with E-state index in [1.165, 1.54) is 0 Å². The van der Waals surface area contributed by atoms with Gasteiger partial charge < -0.3 is 15.2 Å². The second kappa shape index (κ2) is 8.37. The van der Waals surface area contributed by atoms with Gasteiger partial charge in [-0.1, -0.05) is 17.7 Å². The monoisotopic (exact) mass is 430 g/mol. The van der Waals surface area contributed by atoms with Crippen LogP contribution >= 0.6 is 11.6 Å². The van der Waals surface area contributed by atoms with Crippen LogP contribution in [0, 0.1) is 5.95 Å². The highest BCUT2D eigenvalue weighted by Crippen LogP contribution is 2.25. The fraction of sp³-hybridized carbons (Fsp3) is 0.300.